The number of halogens is 3. The molecule has 0 aliphatic heterocycles. The van der Waals surface area contributed by atoms with Crippen LogP contribution in [0.3, 0.4) is 0 Å². The summed E-state index contributed by atoms with van der Waals surface area (Å²) in [5.41, 5.74) is 7.51. The minimum atomic E-state index is -0.694. The Kier molecular flexibility index (Phi) is 6.12. The Bertz CT molecular complexity index is 1300. The van der Waals surface area contributed by atoms with Crippen molar-refractivity contribution in [3.63, 3.8) is 0 Å². The van der Waals surface area contributed by atoms with E-state index in [-0.39, 0.29) is 34.5 Å². The van der Waals surface area contributed by atoms with Gasteiger partial charge in [-0.1, -0.05) is 29.3 Å². The van der Waals surface area contributed by atoms with E-state index in [0.29, 0.717) is 22.0 Å². The molecule has 0 atom stereocenters. The van der Waals surface area contributed by atoms with Gasteiger partial charge in [-0.2, -0.15) is 0 Å². The number of hydrogen-bond donors (Lipinski definition) is 3. The molecule has 0 unspecified atom stereocenters. The smallest absolute Gasteiger partial charge is 0.253 e. The number of nitrogen functional groups attached to an aromatic ring is 1. The Morgan fingerprint density at radius 3 is 2.69 bits per heavy atom. The summed E-state index contributed by atoms with van der Waals surface area (Å²) >= 11 is 12.1. The number of nitrogens with two attached hydrogens (primary N) is 1. The molecular formula is C23H18Cl2FN3O3. The molecule has 1 aromatic heterocycles. The molecule has 0 bridgehead atoms. The lowest BCUT2D eigenvalue weighted by molar-refractivity contribution is 0.0952. The molecule has 164 valence electrons. The molecule has 0 aliphatic rings. The standard InChI is InChI=1S/C23H18Cl2FN3O3/c1-31-15-3-4-17-18(11-28-20(17)9-15)23(30)29-10-12-2-5-19(25)22(21(12)26)32-16-7-13(24)6-14(27)8-16/h2-9,11,28H,10,27H2,1H3,(H,29,30). The lowest BCUT2D eigenvalue weighted by Gasteiger charge is -2.13. The first kappa shape index (κ1) is 21.8. The second kappa shape index (κ2) is 8.98. The van der Waals surface area contributed by atoms with Gasteiger partial charge >= 0.3 is 0 Å². The number of ether oxygens (including phenoxy) is 2. The Balaban J connectivity index is 1.53. The first-order valence-corrected chi connectivity index (χ1v) is 10.3. The Labute approximate surface area is 193 Å². The molecule has 0 radical (unpaired) electrons. The number of fused-ring (bicyclic) bond motifs is 1. The first-order valence-electron chi connectivity index (χ1n) is 9.50. The highest BCUT2D eigenvalue weighted by Gasteiger charge is 2.18. The number of nitrogens with one attached hydrogen (secondary N) is 2. The van der Waals surface area contributed by atoms with Gasteiger partial charge in [0.15, 0.2) is 11.6 Å². The molecule has 3 aromatic carbocycles. The number of methoxy groups -OCH3 is 1. The fourth-order valence-corrected chi connectivity index (χ4v) is 3.67. The highest BCUT2D eigenvalue weighted by atomic mass is 35.5. The fraction of sp³-hybridized carbons (Fsp3) is 0.0870. The number of carbonyl (C=O) groups is 1. The van der Waals surface area contributed by atoms with Crippen LogP contribution in [-0.2, 0) is 6.54 Å². The molecule has 1 heterocycles. The van der Waals surface area contributed by atoms with Crippen molar-refractivity contribution in [1.29, 1.82) is 0 Å². The van der Waals surface area contributed by atoms with E-state index in [9.17, 15) is 4.79 Å². The lowest BCUT2D eigenvalue weighted by atomic mass is 10.1. The Morgan fingerprint density at radius 2 is 1.94 bits per heavy atom. The average molecular weight is 474 g/mol. The summed E-state index contributed by atoms with van der Waals surface area (Å²) in [5.74, 6) is -0.324. The van der Waals surface area contributed by atoms with Crippen LogP contribution in [0.2, 0.25) is 10.0 Å². The molecule has 0 spiro atoms. The summed E-state index contributed by atoms with van der Waals surface area (Å²) in [6.45, 7) is -0.0707. The van der Waals surface area contributed by atoms with E-state index in [1.54, 1.807) is 37.6 Å². The molecule has 0 saturated heterocycles. The van der Waals surface area contributed by atoms with Gasteiger partial charge < -0.3 is 25.5 Å². The fourth-order valence-electron chi connectivity index (χ4n) is 3.26. The Hall–Kier alpha value is -3.42. The van der Waals surface area contributed by atoms with Gasteiger partial charge in [0.25, 0.3) is 5.91 Å². The van der Waals surface area contributed by atoms with E-state index in [0.717, 1.165) is 10.9 Å². The van der Waals surface area contributed by atoms with Crippen LogP contribution in [0.5, 0.6) is 17.2 Å². The van der Waals surface area contributed by atoms with Crippen molar-refractivity contribution in [1.82, 2.24) is 10.3 Å². The normalized spacial score (nSPS) is 10.9. The molecule has 4 aromatic rings. The van der Waals surface area contributed by atoms with Gasteiger partial charge in [0, 0.05) is 52.1 Å². The monoisotopic (exact) mass is 473 g/mol. The Morgan fingerprint density at radius 1 is 1.12 bits per heavy atom. The number of hydrogen-bond acceptors (Lipinski definition) is 4. The largest absolute Gasteiger partial charge is 0.497 e. The van der Waals surface area contributed by atoms with Gasteiger partial charge in [0.05, 0.1) is 17.7 Å². The maximum Gasteiger partial charge on any atom is 0.253 e. The van der Waals surface area contributed by atoms with E-state index >= 15 is 4.39 Å². The molecule has 4 N–H and O–H groups in total. The van der Waals surface area contributed by atoms with Gasteiger partial charge in [0.1, 0.15) is 11.5 Å². The van der Waals surface area contributed by atoms with Crippen LogP contribution in [-0.4, -0.2) is 18.0 Å². The maximum atomic E-state index is 15.1. The minimum Gasteiger partial charge on any atom is -0.497 e. The van der Waals surface area contributed by atoms with Gasteiger partial charge in [0.2, 0.25) is 0 Å². The van der Waals surface area contributed by atoms with Crippen LogP contribution in [0.15, 0.2) is 54.7 Å². The summed E-state index contributed by atoms with van der Waals surface area (Å²) in [7, 11) is 1.57. The summed E-state index contributed by atoms with van der Waals surface area (Å²) < 4.78 is 25.9. The summed E-state index contributed by atoms with van der Waals surface area (Å²) in [4.78, 5) is 15.7. The zero-order valence-electron chi connectivity index (χ0n) is 16.8. The van der Waals surface area contributed by atoms with Crippen molar-refractivity contribution in [2.45, 2.75) is 6.54 Å². The van der Waals surface area contributed by atoms with Crippen molar-refractivity contribution in [3.8, 4) is 17.2 Å². The maximum absolute atomic E-state index is 15.1. The number of carbonyl (C=O) groups excluding carboxylic acids is 1. The van der Waals surface area contributed by atoms with E-state index < -0.39 is 5.82 Å². The van der Waals surface area contributed by atoms with Crippen LogP contribution < -0.4 is 20.5 Å². The third-order valence-corrected chi connectivity index (χ3v) is 5.33. The van der Waals surface area contributed by atoms with Crippen molar-refractivity contribution in [3.05, 3.63) is 81.7 Å². The van der Waals surface area contributed by atoms with Gasteiger partial charge in [-0.3, -0.25) is 4.79 Å². The number of aromatic nitrogens is 1. The SMILES string of the molecule is COc1ccc2c(C(=O)NCc3ccc(Cl)c(Oc4cc(N)cc(Cl)c4)c3F)c[nH]c2c1. The summed E-state index contributed by atoms with van der Waals surface area (Å²) in [6, 6.07) is 12.8. The summed E-state index contributed by atoms with van der Waals surface area (Å²) in [5, 5.41) is 3.86. The second-order valence-corrected chi connectivity index (χ2v) is 7.81. The highest BCUT2D eigenvalue weighted by molar-refractivity contribution is 6.32. The lowest BCUT2D eigenvalue weighted by Crippen LogP contribution is -2.23. The molecule has 32 heavy (non-hydrogen) atoms. The molecular weight excluding hydrogens is 456 g/mol. The van der Waals surface area contributed by atoms with Crippen LogP contribution in [0.1, 0.15) is 15.9 Å². The minimum absolute atomic E-state index is 0.0707. The number of H-pyrrole nitrogens is 1. The molecule has 0 fully saturated rings. The molecule has 0 aliphatic carbocycles. The third-order valence-electron chi connectivity index (χ3n) is 4.82. The molecule has 6 nitrogen and oxygen atoms in total. The topological polar surface area (TPSA) is 89.4 Å². The van der Waals surface area contributed by atoms with E-state index in [1.165, 1.54) is 24.3 Å². The number of rotatable bonds is 6. The van der Waals surface area contributed by atoms with Crippen LogP contribution in [0.25, 0.3) is 10.9 Å². The predicted octanol–water partition coefficient (Wildman–Crippen LogP) is 5.93. The average Bonchev–Trinajstić information content (AvgIpc) is 3.18. The van der Waals surface area contributed by atoms with Gasteiger partial charge in [-0.25, -0.2) is 4.39 Å². The van der Waals surface area contributed by atoms with E-state index in [1.807, 2.05) is 0 Å². The highest BCUT2D eigenvalue weighted by Crippen LogP contribution is 2.35. The van der Waals surface area contributed by atoms with Gasteiger partial charge in [-0.05, 0) is 30.3 Å². The summed E-state index contributed by atoms with van der Waals surface area (Å²) in [6.07, 6.45) is 1.59. The quantitative estimate of drug-likeness (QED) is 0.303. The molecule has 1 amide bonds. The van der Waals surface area contributed by atoms with Crippen molar-refractivity contribution >= 4 is 45.7 Å². The third kappa shape index (κ3) is 4.44. The van der Waals surface area contributed by atoms with E-state index in [2.05, 4.69) is 10.3 Å². The number of benzene rings is 3. The van der Waals surface area contributed by atoms with Crippen LogP contribution >= 0.6 is 23.2 Å². The van der Waals surface area contributed by atoms with Crippen molar-refractivity contribution < 1.29 is 18.7 Å². The van der Waals surface area contributed by atoms with Crippen molar-refractivity contribution in [2.24, 2.45) is 0 Å². The molecule has 4 rings (SSSR count). The van der Waals surface area contributed by atoms with Gasteiger partial charge in [-0.15, -0.1) is 0 Å². The zero-order chi connectivity index (χ0) is 22.8. The molecule has 9 heteroatoms. The number of amides is 1. The van der Waals surface area contributed by atoms with E-state index in [4.69, 9.17) is 38.4 Å². The van der Waals surface area contributed by atoms with Crippen molar-refractivity contribution in [2.75, 3.05) is 12.8 Å². The molecule has 0 saturated carbocycles. The van der Waals surface area contributed by atoms with Crippen LogP contribution in [0, 0.1) is 5.82 Å². The number of anilines is 1. The predicted molar refractivity (Wildman–Crippen MR) is 123 cm³/mol. The zero-order valence-corrected chi connectivity index (χ0v) is 18.4. The first-order chi connectivity index (χ1) is 15.4. The second-order valence-electron chi connectivity index (χ2n) is 6.97. The number of aromatic amines is 1. The van der Waals surface area contributed by atoms with Crippen LogP contribution in [0.4, 0.5) is 10.1 Å².